The minimum Gasteiger partial charge on any atom is -0.381 e. The van der Waals surface area contributed by atoms with Gasteiger partial charge in [0.1, 0.15) is 0 Å². The fraction of sp³-hybridized carbons (Fsp3) is 0.667. The topological polar surface area (TPSA) is 64.4 Å². The van der Waals surface area contributed by atoms with Crippen LogP contribution in [-0.4, -0.2) is 31.2 Å². The summed E-state index contributed by atoms with van der Waals surface area (Å²) >= 11 is 0. The molecular weight excluding hydrogens is 405 g/mol. The van der Waals surface area contributed by atoms with Gasteiger partial charge in [0, 0.05) is 30.7 Å². The summed E-state index contributed by atoms with van der Waals surface area (Å²) in [5.74, 6) is -0.359. The quantitative estimate of drug-likeness (QED) is 0.746. The van der Waals surface area contributed by atoms with Crippen molar-refractivity contribution < 1.29 is 22.7 Å². The molecule has 1 aromatic rings. The van der Waals surface area contributed by atoms with Crippen LogP contribution in [0.1, 0.15) is 56.6 Å². The monoisotopic (exact) mass is 434 g/mol. The number of nitrogens with one attached hydrogen (secondary N) is 1. The first-order chi connectivity index (χ1) is 13.1. The van der Waals surface area contributed by atoms with Crippen molar-refractivity contribution in [2.24, 2.45) is 11.7 Å². The van der Waals surface area contributed by atoms with Gasteiger partial charge in [-0.1, -0.05) is 31.0 Å². The molecule has 1 aliphatic carbocycles. The summed E-state index contributed by atoms with van der Waals surface area (Å²) in [4.78, 5) is 12.9. The van der Waals surface area contributed by atoms with Crippen molar-refractivity contribution in [1.29, 1.82) is 0 Å². The van der Waals surface area contributed by atoms with Gasteiger partial charge in [-0.2, -0.15) is 13.2 Å². The van der Waals surface area contributed by atoms with Crippen LogP contribution in [0.3, 0.4) is 0 Å². The number of nitrogens with two attached hydrogens (primary N) is 1. The number of alkyl halides is 3. The standard InChI is InChI=1S/C21H29F3N2O2.ClH/c1-19(25)8-3-2-7-17(19)18(27)26-14-20(9-11-28-12-10-20)15-5-4-6-16(13-15)21(22,23)24;/h4-6,13,17H,2-3,7-12,14,25H2,1H3,(H,26,27);1H. The molecule has 3 rings (SSSR count). The lowest BCUT2D eigenvalue weighted by Crippen LogP contribution is -2.54. The highest BCUT2D eigenvalue weighted by molar-refractivity contribution is 5.85. The van der Waals surface area contributed by atoms with Gasteiger partial charge < -0.3 is 15.8 Å². The number of rotatable bonds is 4. The molecule has 0 radical (unpaired) electrons. The molecule has 1 aromatic carbocycles. The van der Waals surface area contributed by atoms with Gasteiger partial charge in [0.05, 0.1) is 11.5 Å². The number of carbonyl (C=O) groups excluding carboxylic acids is 1. The van der Waals surface area contributed by atoms with Gasteiger partial charge in [0.2, 0.25) is 5.91 Å². The van der Waals surface area contributed by atoms with E-state index in [0.29, 0.717) is 38.2 Å². The molecular formula is C21H30ClF3N2O2. The van der Waals surface area contributed by atoms with Crippen LogP contribution in [-0.2, 0) is 21.1 Å². The van der Waals surface area contributed by atoms with Gasteiger partial charge in [0.25, 0.3) is 0 Å². The molecule has 4 nitrogen and oxygen atoms in total. The van der Waals surface area contributed by atoms with Crippen LogP contribution in [0.4, 0.5) is 13.2 Å². The molecule has 1 aliphatic heterocycles. The first kappa shape index (κ1) is 24.0. The normalized spacial score (nSPS) is 27.0. The Kier molecular flexibility index (Phi) is 7.63. The Morgan fingerprint density at radius 1 is 1.24 bits per heavy atom. The van der Waals surface area contributed by atoms with Crippen LogP contribution in [0.25, 0.3) is 0 Å². The largest absolute Gasteiger partial charge is 0.416 e. The maximum atomic E-state index is 13.2. The molecule has 0 aromatic heterocycles. The molecule has 0 bridgehead atoms. The predicted octanol–water partition coefficient (Wildman–Crippen LogP) is 4.20. The zero-order valence-corrected chi connectivity index (χ0v) is 17.5. The van der Waals surface area contributed by atoms with Gasteiger partial charge in [-0.3, -0.25) is 4.79 Å². The third kappa shape index (κ3) is 5.44. The van der Waals surface area contributed by atoms with E-state index in [0.717, 1.165) is 31.7 Å². The molecule has 0 spiro atoms. The minimum absolute atomic E-state index is 0. The van der Waals surface area contributed by atoms with Crippen molar-refractivity contribution in [1.82, 2.24) is 5.32 Å². The van der Waals surface area contributed by atoms with Crippen molar-refractivity contribution in [3.63, 3.8) is 0 Å². The Morgan fingerprint density at radius 3 is 2.55 bits per heavy atom. The molecule has 1 heterocycles. The van der Waals surface area contributed by atoms with E-state index in [4.69, 9.17) is 10.5 Å². The maximum absolute atomic E-state index is 13.2. The fourth-order valence-electron chi connectivity index (χ4n) is 4.52. The van der Waals surface area contributed by atoms with Crippen LogP contribution in [0.15, 0.2) is 24.3 Å². The van der Waals surface area contributed by atoms with Crippen molar-refractivity contribution in [3.05, 3.63) is 35.4 Å². The molecule has 1 amide bonds. The zero-order valence-electron chi connectivity index (χ0n) is 16.7. The van der Waals surface area contributed by atoms with E-state index in [2.05, 4.69) is 5.32 Å². The van der Waals surface area contributed by atoms with E-state index in [-0.39, 0.29) is 24.2 Å². The fourth-order valence-corrected chi connectivity index (χ4v) is 4.52. The van der Waals surface area contributed by atoms with Crippen LogP contribution in [0.5, 0.6) is 0 Å². The molecule has 1 saturated heterocycles. The molecule has 3 N–H and O–H groups in total. The molecule has 29 heavy (non-hydrogen) atoms. The predicted molar refractivity (Wildman–Crippen MR) is 108 cm³/mol. The SMILES string of the molecule is CC1(N)CCCCC1C(=O)NCC1(c2cccc(C(F)(F)F)c2)CCOCC1.Cl. The first-order valence-corrected chi connectivity index (χ1v) is 9.96. The molecule has 2 fully saturated rings. The summed E-state index contributed by atoms with van der Waals surface area (Å²) < 4.78 is 45.0. The maximum Gasteiger partial charge on any atom is 0.416 e. The molecule has 164 valence electrons. The van der Waals surface area contributed by atoms with E-state index in [1.807, 2.05) is 6.92 Å². The lowest BCUT2D eigenvalue weighted by molar-refractivity contribution is -0.137. The zero-order chi connectivity index (χ0) is 20.4. The van der Waals surface area contributed by atoms with Gasteiger partial charge in [-0.15, -0.1) is 12.4 Å². The number of carbonyl (C=O) groups is 1. The van der Waals surface area contributed by atoms with Crippen LogP contribution in [0, 0.1) is 5.92 Å². The summed E-state index contributed by atoms with van der Waals surface area (Å²) in [6.45, 7) is 3.13. The number of hydrogen-bond donors (Lipinski definition) is 2. The number of hydrogen-bond acceptors (Lipinski definition) is 3. The van der Waals surface area contributed by atoms with E-state index in [9.17, 15) is 18.0 Å². The van der Waals surface area contributed by atoms with Crippen molar-refractivity contribution in [3.8, 4) is 0 Å². The lowest BCUT2D eigenvalue weighted by Gasteiger charge is -2.40. The molecule has 2 atom stereocenters. The Hall–Kier alpha value is -1.31. The van der Waals surface area contributed by atoms with Crippen molar-refractivity contribution in [2.45, 2.75) is 62.6 Å². The Balaban J connectivity index is 0.00000300. The highest BCUT2D eigenvalue weighted by Crippen LogP contribution is 2.38. The molecule has 2 aliphatic rings. The average Bonchev–Trinajstić information content (AvgIpc) is 2.66. The van der Waals surface area contributed by atoms with Crippen LogP contribution < -0.4 is 11.1 Å². The highest BCUT2D eigenvalue weighted by Gasteiger charge is 2.41. The van der Waals surface area contributed by atoms with E-state index in [1.165, 1.54) is 12.1 Å². The second-order valence-electron chi connectivity index (χ2n) is 8.49. The number of halogens is 4. The second kappa shape index (κ2) is 9.23. The van der Waals surface area contributed by atoms with Crippen LogP contribution in [0.2, 0.25) is 0 Å². The van der Waals surface area contributed by atoms with Crippen LogP contribution >= 0.6 is 12.4 Å². The summed E-state index contributed by atoms with van der Waals surface area (Å²) in [5.41, 5.74) is 5.18. The summed E-state index contributed by atoms with van der Waals surface area (Å²) in [7, 11) is 0. The van der Waals surface area contributed by atoms with E-state index >= 15 is 0 Å². The number of ether oxygens (including phenoxy) is 1. The van der Waals surface area contributed by atoms with Gasteiger partial charge in [-0.05, 0) is 44.2 Å². The molecule has 1 saturated carbocycles. The third-order valence-corrected chi connectivity index (χ3v) is 6.42. The molecule has 2 unspecified atom stereocenters. The second-order valence-corrected chi connectivity index (χ2v) is 8.49. The Morgan fingerprint density at radius 2 is 1.93 bits per heavy atom. The van der Waals surface area contributed by atoms with Gasteiger partial charge in [0.15, 0.2) is 0 Å². The minimum atomic E-state index is -4.39. The van der Waals surface area contributed by atoms with Gasteiger partial charge >= 0.3 is 6.18 Å². The summed E-state index contributed by atoms with van der Waals surface area (Å²) in [6, 6.07) is 5.46. The summed E-state index contributed by atoms with van der Waals surface area (Å²) in [5, 5.41) is 3.02. The van der Waals surface area contributed by atoms with Crippen molar-refractivity contribution in [2.75, 3.05) is 19.8 Å². The molecule has 8 heteroatoms. The Labute approximate surface area is 176 Å². The smallest absolute Gasteiger partial charge is 0.381 e. The highest BCUT2D eigenvalue weighted by atomic mass is 35.5. The Bertz CT molecular complexity index is 703. The number of amides is 1. The average molecular weight is 435 g/mol. The third-order valence-electron chi connectivity index (χ3n) is 6.42. The first-order valence-electron chi connectivity index (χ1n) is 9.96. The number of benzene rings is 1. The van der Waals surface area contributed by atoms with E-state index in [1.54, 1.807) is 6.07 Å². The van der Waals surface area contributed by atoms with E-state index < -0.39 is 22.7 Å². The lowest BCUT2D eigenvalue weighted by atomic mass is 9.72. The van der Waals surface area contributed by atoms with Gasteiger partial charge in [-0.25, -0.2) is 0 Å². The van der Waals surface area contributed by atoms with Crippen molar-refractivity contribution >= 4 is 18.3 Å². The summed E-state index contributed by atoms with van der Waals surface area (Å²) in [6.07, 6.45) is 0.281.